The highest BCUT2D eigenvalue weighted by Gasteiger charge is 2.24. The van der Waals surface area contributed by atoms with Crippen LogP contribution < -0.4 is 14.8 Å². The van der Waals surface area contributed by atoms with Crippen LogP contribution >= 0.6 is 0 Å². The third-order valence-electron chi connectivity index (χ3n) is 3.61. The molecule has 1 aromatic carbocycles. The summed E-state index contributed by atoms with van der Waals surface area (Å²) in [6, 6.07) is 5.01. The minimum Gasteiger partial charge on any atom is -0.454 e. The van der Waals surface area contributed by atoms with Gasteiger partial charge < -0.3 is 24.1 Å². The van der Waals surface area contributed by atoms with Gasteiger partial charge in [0.15, 0.2) is 23.9 Å². The number of carbonyl (C=O) groups excluding carboxylic acids is 2. The lowest BCUT2D eigenvalue weighted by Gasteiger charge is -2.08. The van der Waals surface area contributed by atoms with Gasteiger partial charge in [-0.2, -0.15) is 0 Å². The van der Waals surface area contributed by atoms with Crippen LogP contribution in [0, 0.1) is 6.92 Å². The summed E-state index contributed by atoms with van der Waals surface area (Å²) < 4.78 is 20.7. The number of esters is 1. The molecule has 132 valence electrons. The van der Waals surface area contributed by atoms with Gasteiger partial charge >= 0.3 is 5.97 Å². The smallest absolute Gasteiger partial charge is 0.344 e. The third-order valence-corrected chi connectivity index (χ3v) is 3.61. The first-order chi connectivity index (χ1) is 12.0. The van der Waals surface area contributed by atoms with Crippen LogP contribution in [-0.2, 0) is 9.53 Å². The summed E-state index contributed by atoms with van der Waals surface area (Å²) in [5.41, 5.74) is 1.23. The molecule has 0 radical (unpaired) electrons. The minimum atomic E-state index is -0.636. The van der Waals surface area contributed by atoms with E-state index in [0.717, 1.165) is 0 Å². The molecule has 0 atom stereocenters. The number of amides is 1. The Hall–Kier alpha value is -3.03. The maximum absolute atomic E-state index is 12.2. The molecule has 8 nitrogen and oxygen atoms in total. The van der Waals surface area contributed by atoms with E-state index < -0.39 is 18.5 Å². The Labute approximate surface area is 144 Å². The molecule has 0 aliphatic carbocycles. The molecule has 8 heteroatoms. The summed E-state index contributed by atoms with van der Waals surface area (Å²) >= 11 is 0. The first kappa shape index (κ1) is 16.8. The highest BCUT2D eigenvalue weighted by atomic mass is 16.7. The SMILES string of the molecule is Cc1noc(C(C)C)c1C(=O)OCC(=O)Nc1ccc2c(c1)OCO2. The number of nitrogens with zero attached hydrogens (tertiary/aromatic N) is 1. The van der Waals surface area contributed by atoms with E-state index in [4.69, 9.17) is 18.7 Å². The molecule has 0 fully saturated rings. The van der Waals surface area contributed by atoms with Gasteiger partial charge in [-0.05, 0) is 19.1 Å². The molecule has 25 heavy (non-hydrogen) atoms. The molecule has 1 aliphatic heterocycles. The predicted molar refractivity (Wildman–Crippen MR) is 86.8 cm³/mol. The van der Waals surface area contributed by atoms with E-state index in [1.807, 2.05) is 13.8 Å². The lowest BCUT2D eigenvalue weighted by Crippen LogP contribution is -2.21. The molecule has 1 aliphatic rings. The van der Waals surface area contributed by atoms with Crippen LogP contribution in [0.25, 0.3) is 0 Å². The summed E-state index contributed by atoms with van der Waals surface area (Å²) in [5, 5.41) is 6.42. The van der Waals surface area contributed by atoms with Gasteiger partial charge in [-0.1, -0.05) is 19.0 Å². The highest BCUT2D eigenvalue weighted by molar-refractivity contribution is 5.96. The predicted octanol–water partition coefficient (Wildman–Crippen LogP) is 2.63. The number of benzene rings is 1. The fourth-order valence-corrected chi connectivity index (χ4v) is 2.40. The maximum Gasteiger partial charge on any atom is 0.344 e. The fourth-order valence-electron chi connectivity index (χ4n) is 2.40. The Morgan fingerprint density at radius 1 is 1.28 bits per heavy atom. The molecular weight excluding hydrogens is 328 g/mol. The molecule has 1 amide bonds. The molecule has 1 aromatic heterocycles. The zero-order valence-corrected chi connectivity index (χ0v) is 14.1. The number of carbonyl (C=O) groups is 2. The van der Waals surface area contributed by atoms with Gasteiger partial charge in [-0.25, -0.2) is 4.79 Å². The van der Waals surface area contributed by atoms with Crippen molar-refractivity contribution in [1.82, 2.24) is 5.16 Å². The average molecular weight is 346 g/mol. The molecular formula is C17H18N2O6. The Morgan fingerprint density at radius 2 is 2.04 bits per heavy atom. The fraction of sp³-hybridized carbons (Fsp3) is 0.353. The minimum absolute atomic E-state index is 0.0220. The molecule has 0 spiro atoms. The Balaban J connectivity index is 1.59. The van der Waals surface area contributed by atoms with E-state index in [1.54, 1.807) is 25.1 Å². The standard InChI is InChI=1S/C17H18N2O6/c1-9(2)16-15(10(3)19-25-16)17(21)22-7-14(20)18-11-4-5-12-13(6-11)24-8-23-12/h4-6,9H,7-8H2,1-3H3,(H,18,20). The van der Waals surface area contributed by atoms with E-state index >= 15 is 0 Å². The van der Waals surface area contributed by atoms with Crippen LogP contribution in [0.15, 0.2) is 22.7 Å². The molecule has 3 rings (SSSR count). The van der Waals surface area contributed by atoms with E-state index in [9.17, 15) is 9.59 Å². The van der Waals surface area contributed by atoms with Gasteiger partial charge in [-0.3, -0.25) is 4.79 Å². The average Bonchev–Trinajstić information content (AvgIpc) is 3.18. The third kappa shape index (κ3) is 3.57. The number of aromatic nitrogens is 1. The number of rotatable bonds is 5. The summed E-state index contributed by atoms with van der Waals surface area (Å²) in [5.74, 6) is 0.491. The molecule has 1 N–H and O–H groups in total. The Kier molecular flexibility index (Phi) is 4.60. The molecule has 0 saturated carbocycles. The number of ether oxygens (including phenoxy) is 3. The number of anilines is 1. The van der Waals surface area contributed by atoms with Crippen molar-refractivity contribution in [2.24, 2.45) is 0 Å². The number of fused-ring (bicyclic) bond motifs is 1. The lowest BCUT2D eigenvalue weighted by atomic mass is 10.1. The number of nitrogens with one attached hydrogen (secondary N) is 1. The van der Waals surface area contributed by atoms with Crippen molar-refractivity contribution in [3.05, 3.63) is 35.2 Å². The number of aryl methyl sites for hydroxylation is 1. The van der Waals surface area contributed by atoms with Gasteiger partial charge in [0.2, 0.25) is 6.79 Å². The maximum atomic E-state index is 12.2. The first-order valence-electron chi connectivity index (χ1n) is 7.78. The molecule has 0 saturated heterocycles. The first-order valence-corrected chi connectivity index (χ1v) is 7.78. The second-order valence-corrected chi connectivity index (χ2v) is 5.85. The van der Waals surface area contributed by atoms with Gasteiger partial charge in [0, 0.05) is 17.7 Å². The summed E-state index contributed by atoms with van der Waals surface area (Å²) in [6.45, 7) is 5.14. The van der Waals surface area contributed by atoms with Crippen molar-refractivity contribution >= 4 is 17.6 Å². The summed E-state index contributed by atoms with van der Waals surface area (Å²) in [7, 11) is 0. The Bertz CT molecular complexity index is 811. The van der Waals surface area contributed by atoms with Gasteiger partial charge in [0.05, 0.1) is 5.69 Å². The molecule has 2 aromatic rings. The second-order valence-electron chi connectivity index (χ2n) is 5.85. The van der Waals surface area contributed by atoms with Gasteiger partial charge in [0.25, 0.3) is 5.91 Å². The van der Waals surface area contributed by atoms with Crippen molar-refractivity contribution in [2.75, 3.05) is 18.7 Å². The van der Waals surface area contributed by atoms with Crippen LogP contribution in [0.4, 0.5) is 5.69 Å². The highest BCUT2D eigenvalue weighted by Crippen LogP contribution is 2.34. The second kappa shape index (κ2) is 6.84. The van der Waals surface area contributed by atoms with Crippen LogP contribution in [0.5, 0.6) is 11.5 Å². The zero-order valence-electron chi connectivity index (χ0n) is 14.1. The topological polar surface area (TPSA) is 99.9 Å². The zero-order chi connectivity index (χ0) is 18.0. The molecule has 0 bridgehead atoms. The number of hydrogen-bond acceptors (Lipinski definition) is 7. The van der Waals surface area contributed by atoms with Gasteiger partial charge in [-0.15, -0.1) is 0 Å². The van der Waals surface area contributed by atoms with Crippen molar-refractivity contribution < 1.29 is 28.3 Å². The van der Waals surface area contributed by atoms with Crippen molar-refractivity contribution in [3.8, 4) is 11.5 Å². The largest absolute Gasteiger partial charge is 0.454 e. The van der Waals surface area contributed by atoms with E-state index in [2.05, 4.69) is 10.5 Å². The monoisotopic (exact) mass is 346 g/mol. The van der Waals surface area contributed by atoms with E-state index in [1.165, 1.54) is 0 Å². The summed E-state index contributed by atoms with van der Waals surface area (Å²) in [6.07, 6.45) is 0. The van der Waals surface area contributed by atoms with E-state index in [0.29, 0.717) is 28.6 Å². The van der Waals surface area contributed by atoms with Crippen LogP contribution in [0.2, 0.25) is 0 Å². The van der Waals surface area contributed by atoms with Crippen molar-refractivity contribution in [1.29, 1.82) is 0 Å². The van der Waals surface area contributed by atoms with Gasteiger partial charge in [0.1, 0.15) is 5.56 Å². The Morgan fingerprint density at radius 3 is 2.80 bits per heavy atom. The lowest BCUT2D eigenvalue weighted by molar-refractivity contribution is -0.119. The normalized spacial score (nSPS) is 12.3. The van der Waals surface area contributed by atoms with Crippen LogP contribution in [0.1, 0.15) is 41.6 Å². The molecule has 2 heterocycles. The van der Waals surface area contributed by atoms with Crippen LogP contribution in [-0.4, -0.2) is 30.4 Å². The number of hydrogen-bond donors (Lipinski definition) is 1. The van der Waals surface area contributed by atoms with Crippen LogP contribution in [0.3, 0.4) is 0 Å². The quantitative estimate of drug-likeness (QED) is 0.831. The van der Waals surface area contributed by atoms with Crippen molar-refractivity contribution in [2.45, 2.75) is 26.7 Å². The molecule has 0 unspecified atom stereocenters. The van der Waals surface area contributed by atoms with Crippen molar-refractivity contribution in [3.63, 3.8) is 0 Å². The van der Waals surface area contributed by atoms with E-state index in [-0.39, 0.29) is 18.3 Å². The summed E-state index contributed by atoms with van der Waals surface area (Å²) in [4.78, 5) is 24.2.